The van der Waals surface area contributed by atoms with E-state index in [2.05, 4.69) is 69.2 Å². The molecule has 0 radical (unpaired) electrons. The Bertz CT molecular complexity index is 567. The Morgan fingerprint density at radius 3 is 0.645 bits per heavy atom. The first-order chi connectivity index (χ1) is 14.5. The van der Waals surface area contributed by atoms with Gasteiger partial charge in [0.2, 0.25) is 0 Å². The van der Waals surface area contributed by atoms with Crippen molar-refractivity contribution in [3.05, 3.63) is 44.6 Å². The van der Waals surface area contributed by atoms with Gasteiger partial charge in [0.1, 0.15) is 0 Å². The molecule has 0 saturated carbocycles. The van der Waals surface area contributed by atoms with Gasteiger partial charge in [-0.2, -0.15) is 0 Å². The average molecular weight is 469 g/mol. The number of allylic oxidation sites excluding steroid dienone is 8. The van der Waals surface area contributed by atoms with Gasteiger partial charge in [-0.3, -0.25) is 0 Å². The largest absolute Gasteiger partial charge is 0.0645 e. The van der Waals surface area contributed by atoms with E-state index in [1.165, 1.54) is 64.2 Å². The summed E-state index contributed by atoms with van der Waals surface area (Å²) in [7, 11) is 0. The molecule has 0 fully saturated rings. The molecular weight excluding hydrogens is 416 g/mol. The molecule has 0 atom stereocenters. The van der Waals surface area contributed by atoms with E-state index >= 15 is 0 Å². The van der Waals surface area contributed by atoms with E-state index in [1.807, 2.05) is 0 Å². The maximum absolute atomic E-state index is 2.34. The molecule has 0 aromatic rings. The van der Waals surface area contributed by atoms with Crippen molar-refractivity contribution >= 4 is 0 Å². The van der Waals surface area contributed by atoms with Gasteiger partial charge in [0.05, 0.1) is 0 Å². The molecule has 0 heterocycles. The van der Waals surface area contributed by atoms with E-state index in [4.69, 9.17) is 0 Å². The second-order valence-corrected chi connectivity index (χ2v) is 8.77. The van der Waals surface area contributed by atoms with Crippen LogP contribution in [0, 0.1) is 11.8 Å². The summed E-state index contributed by atoms with van der Waals surface area (Å²) in [6.07, 6.45) is 12.5. The van der Waals surface area contributed by atoms with Gasteiger partial charge in [0.25, 0.3) is 0 Å². The van der Waals surface area contributed by atoms with Crippen LogP contribution >= 0.6 is 0 Å². The fourth-order valence-electron chi connectivity index (χ4n) is 6.62. The Morgan fingerprint density at radius 1 is 0.355 bits per heavy atom. The van der Waals surface area contributed by atoms with Crippen molar-refractivity contribution in [2.24, 2.45) is 11.8 Å². The Hall–Kier alpha value is -0.521. The minimum Gasteiger partial charge on any atom is -0.0645 e. The monoisotopic (exact) mass is 468 g/mol. The van der Waals surface area contributed by atoms with E-state index in [-0.39, 0.29) is 17.1 Å². The van der Waals surface area contributed by atoms with Gasteiger partial charge in [0, 0.05) is 28.9 Å². The Kier molecular flexibility index (Phi) is 15.1. The normalized spacial score (nSPS) is 17.6. The predicted octanol–water partition coefficient (Wildman–Crippen LogP) is 10.5. The second-order valence-electron chi connectivity index (χ2n) is 8.77. The van der Waals surface area contributed by atoms with Crippen LogP contribution in [0.25, 0.3) is 0 Å². The second kappa shape index (κ2) is 15.3. The molecule has 0 amide bonds. The standard InChI is InChI=1S/2C15H26.Fe/c2*1-6-11-12(7-2)14(9-4)15(10-5)13(11)8-3;/h2*11H,6-10H2,1-5H3;. The molecule has 2 rings (SSSR count). The van der Waals surface area contributed by atoms with Crippen LogP contribution < -0.4 is 0 Å². The fraction of sp³-hybridized carbons (Fsp3) is 0.733. The molecule has 2 aliphatic carbocycles. The Labute approximate surface area is 206 Å². The molecular formula is C30H52Fe. The van der Waals surface area contributed by atoms with E-state index in [9.17, 15) is 0 Å². The zero-order chi connectivity index (χ0) is 22.8. The SMILES string of the molecule is CCC1=C(CC)C(CC)C(CC)=C1CC.CCC1=C(CC)C(CC)C(CC)=C1CC.[Fe]. The molecule has 0 bridgehead atoms. The van der Waals surface area contributed by atoms with Crippen LogP contribution in [0.15, 0.2) is 44.6 Å². The smallest absolute Gasteiger partial charge is 0.00159 e. The molecule has 0 unspecified atom stereocenters. The summed E-state index contributed by atoms with van der Waals surface area (Å²) in [6.45, 7) is 23.2. The van der Waals surface area contributed by atoms with Crippen LogP contribution in [-0.2, 0) is 17.1 Å². The minimum absolute atomic E-state index is 0. The van der Waals surface area contributed by atoms with Crippen molar-refractivity contribution in [2.75, 3.05) is 0 Å². The average Bonchev–Trinajstić information content (AvgIpc) is 3.27. The molecule has 0 spiro atoms. The maximum Gasteiger partial charge on any atom is 0.00159 e. The summed E-state index contributed by atoms with van der Waals surface area (Å²) >= 11 is 0. The summed E-state index contributed by atoms with van der Waals surface area (Å²) in [5, 5.41) is 0. The van der Waals surface area contributed by atoms with Crippen molar-refractivity contribution in [2.45, 2.75) is 133 Å². The summed E-state index contributed by atoms with van der Waals surface area (Å²) in [5.74, 6) is 1.56. The minimum atomic E-state index is 0. The number of hydrogen-bond donors (Lipinski definition) is 0. The zero-order valence-corrected chi connectivity index (χ0v) is 23.7. The third kappa shape index (κ3) is 6.29. The molecule has 1 heteroatoms. The number of rotatable bonds is 10. The molecule has 2 aliphatic rings. The summed E-state index contributed by atoms with van der Waals surface area (Å²) in [6, 6.07) is 0. The van der Waals surface area contributed by atoms with Gasteiger partial charge in [0.15, 0.2) is 0 Å². The van der Waals surface area contributed by atoms with Crippen LogP contribution in [0.3, 0.4) is 0 Å². The molecule has 0 aromatic carbocycles. The van der Waals surface area contributed by atoms with Crippen LogP contribution in [0.4, 0.5) is 0 Å². The van der Waals surface area contributed by atoms with Gasteiger partial charge in [-0.1, -0.05) is 91.5 Å². The van der Waals surface area contributed by atoms with Gasteiger partial charge in [-0.15, -0.1) is 0 Å². The molecule has 31 heavy (non-hydrogen) atoms. The predicted molar refractivity (Wildman–Crippen MR) is 138 cm³/mol. The molecule has 180 valence electrons. The summed E-state index contributed by atoms with van der Waals surface area (Å²) in [4.78, 5) is 0. The van der Waals surface area contributed by atoms with Crippen molar-refractivity contribution in [1.29, 1.82) is 0 Å². The van der Waals surface area contributed by atoms with Crippen LogP contribution in [0.2, 0.25) is 0 Å². The zero-order valence-electron chi connectivity index (χ0n) is 22.6. The summed E-state index contributed by atoms with van der Waals surface area (Å²) in [5.41, 5.74) is 13.8. The first kappa shape index (κ1) is 30.5. The first-order valence-electron chi connectivity index (χ1n) is 13.4. The number of hydrogen-bond acceptors (Lipinski definition) is 0. The maximum atomic E-state index is 2.34. The molecule has 0 aromatic heterocycles. The van der Waals surface area contributed by atoms with Crippen LogP contribution in [-0.4, -0.2) is 0 Å². The van der Waals surface area contributed by atoms with Crippen molar-refractivity contribution in [1.82, 2.24) is 0 Å². The Balaban J connectivity index is 0.000000562. The summed E-state index contributed by atoms with van der Waals surface area (Å²) < 4.78 is 0. The topological polar surface area (TPSA) is 0 Å². The third-order valence-electron chi connectivity index (χ3n) is 7.72. The quantitative estimate of drug-likeness (QED) is 0.280. The molecule has 0 aliphatic heterocycles. The Morgan fingerprint density at radius 2 is 0.548 bits per heavy atom. The van der Waals surface area contributed by atoms with Gasteiger partial charge in [-0.05, 0) is 86.5 Å². The van der Waals surface area contributed by atoms with E-state index in [0.29, 0.717) is 0 Å². The molecule has 0 saturated heterocycles. The fourth-order valence-corrected chi connectivity index (χ4v) is 6.62. The first-order valence-corrected chi connectivity index (χ1v) is 13.4. The third-order valence-corrected chi connectivity index (χ3v) is 7.72. The van der Waals surface area contributed by atoms with E-state index < -0.39 is 0 Å². The molecule has 0 nitrogen and oxygen atoms in total. The van der Waals surface area contributed by atoms with Crippen molar-refractivity contribution in [3.8, 4) is 0 Å². The van der Waals surface area contributed by atoms with Gasteiger partial charge >= 0.3 is 0 Å². The van der Waals surface area contributed by atoms with E-state index in [0.717, 1.165) is 11.8 Å². The van der Waals surface area contributed by atoms with Crippen LogP contribution in [0.1, 0.15) is 133 Å². The van der Waals surface area contributed by atoms with E-state index in [1.54, 1.807) is 44.6 Å². The van der Waals surface area contributed by atoms with Crippen LogP contribution in [0.5, 0.6) is 0 Å². The van der Waals surface area contributed by atoms with Gasteiger partial charge in [-0.25, -0.2) is 0 Å². The van der Waals surface area contributed by atoms with Crippen molar-refractivity contribution < 1.29 is 17.1 Å². The van der Waals surface area contributed by atoms with Gasteiger partial charge < -0.3 is 0 Å². The van der Waals surface area contributed by atoms with Crippen molar-refractivity contribution in [3.63, 3.8) is 0 Å². The molecule has 0 N–H and O–H groups in total.